The Balaban J connectivity index is 1.76. The van der Waals surface area contributed by atoms with Crippen LogP contribution in [0.4, 0.5) is 4.39 Å². The molecule has 3 rings (SSSR count). The molecular formula is C22H25FN4O4S. The van der Waals surface area contributed by atoms with Crippen LogP contribution >= 0.6 is 0 Å². The second-order valence-electron chi connectivity index (χ2n) is 7.27. The number of hydrogen-bond donors (Lipinski definition) is 1. The molecular weight excluding hydrogens is 435 g/mol. The molecule has 0 amide bonds. The fraction of sp³-hybridized carbons (Fsp3) is 0.318. The van der Waals surface area contributed by atoms with Crippen LogP contribution in [-0.4, -0.2) is 40.7 Å². The van der Waals surface area contributed by atoms with E-state index in [9.17, 15) is 17.6 Å². The van der Waals surface area contributed by atoms with Gasteiger partial charge in [-0.2, -0.15) is 5.10 Å². The van der Waals surface area contributed by atoms with Gasteiger partial charge in [0.1, 0.15) is 6.61 Å². The SMILES string of the molecule is NC(CCCCCF)(C(=O)OCc1ccc(-n2cccn2)cc1)S(=O)(=O)c1cccnc1. The van der Waals surface area contributed by atoms with Crippen molar-refractivity contribution in [3.63, 3.8) is 0 Å². The lowest BCUT2D eigenvalue weighted by Crippen LogP contribution is -2.55. The summed E-state index contributed by atoms with van der Waals surface area (Å²) in [5.74, 6) is -1.06. The highest BCUT2D eigenvalue weighted by atomic mass is 32.2. The molecule has 1 unspecified atom stereocenters. The number of benzene rings is 1. The standard InChI is InChI=1S/C22H25FN4O4S/c23-12-3-1-2-11-22(24,32(29,30)20-6-4-13-25-16-20)21(28)31-17-18-7-9-19(10-8-18)27-15-5-14-26-27/h4-10,13-16H,1-3,11-12,17,24H2. The molecule has 2 N–H and O–H groups in total. The average molecular weight is 461 g/mol. The van der Waals surface area contributed by atoms with Gasteiger partial charge in [0.2, 0.25) is 14.7 Å². The lowest BCUT2D eigenvalue weighted by atomic mass is 10.1. The zero-order valence-electron chi connectivity index (χ0n) is 17.4. The lowest BCUT2D eigenvalue weighted by Gasteiger charge is -2.27. The van der Waals surface area contributed by atoms with Gasteiger partial charge in [0, 0.05) is 24.8 Å². The smallest absolute Gasteiger partial charge is 0.342 e. The third-order valence-electron chi connectivity index (χ3n) is 5.03. The predicted octanol–water partition coefficient (Wildman–Crippen LogP) is 2.97. The molecule has 0 saturated heterocycles. The van der Waals surface area contributed by atoms with Crippen molar-refractivity contribution in [1.82, 2.24) is 14.8 Å². The van der Waals surface area contributed by atoms with Crippen LogP contribution in [0.5, 0.6) is 0 Å². The summed E-state index contributed by atoms with van der Waals surface area (Å²) in [6.07, 6.45) is 6.75. The van der Waals surface area contributed by atoms with Crippen LogP contribution in [0.1, 0.15) is 31.2 Å². The van der Waals surface area contributed by atoms with Crippen molar-refractivity contribution in [2.45, 2.75) is 42.1 Å². The Morgan fingerprint density at radius 1 is 1.09 bits per heavy atom. The monoisotopic (exact) mass is 460 g/mol. The zero-order chi connectivity index (χ0) is 23.0. The predicted molar refractivity (Wildman–Crippen MR) is 116 cm³/mol. The van der Waals surface area contributed by atoms with E-state index in [0.717, 1.165) is 11.9 Å². The van der Waals surface area contributed by atoms with Crippen LogP contribution in [-0.2, 0) is 26.0 Å². The fourth-order valence-electron chi connectivity index (χ4n) is 3.16. The molecule has 0 fully saturated rings. The van der Waals surface area contributed by atoms with E-state index < -0.39 is 27.4 Å². The van der Waals surface area contributed by atoms with E-state index in [4.69, 9.17) is 10.5 Å². The zero-order valence-corrected chi connectivity index (χ0v) is 18.2. The first-order chi connectivity index (χ1) is 15.4. The number of halogens is 1. The molecule has 170 valence electrons. The minimum atomic E-state index is -4.29. The molecule has 2 heterocycles. The number of nitrogens with two attached hydrogens (primary N) is 1. The number of pyridine rings is 1. The highest BCUT2D eigenvalue weighted by molar-refractivity contribution is 7.93. The topological polar surface area (TPSA) is 117 Å². The maximum atomic E-state index is 13.2. The third-order valence-corrected chi connectivity index (χ3v) is 7.22. The minimum Gasteiger partial charge on any atom is -0.459 e. The molecule has 2 aromatic heterocycles. The van der Waals surface area contributed by atoms with Gasteiger partial charge in [-0.05, 0) is 55.2 Å². The van der Waals surface area contributed by atoms with Crippen molar-refractivity contribution in [2.75, 3.05) is 6.67 Å². The molecule has 8 nitrogen and oxygen atoms in total. The lowest BCUT2D eigenvalue weighted by molar-refractivity contribution is -0.148. The summed E-state index contributed by atoms with van der Waals surface area (Å²) in [5.41, 5.74) is 7.67. The van der Waals surface area contributed by atoms with Crippen LogP contribution < -0.4 is 5.73 Å². The van der Waals surface area contributed by atoms with Crippen molar-refractivity contribution in [3.8, 4) is 5.69 Å². The van der Waals surface area contributed by atoms with Gasteiger partial charge in [-0.15, -0.1) is 0 Å². The number of nitrogens with zero attached hydrogens (tertiary/aromatic N) is 3. The molecule has 0 aliphatic rings. The summed E-state index contributed by atoms with van der Waals surface area (Å²) >= 11 is 0. The molecule has 0 saturated carbocycles. The third kappa shape index (κ3) is 5.20. The summed E-state index contributed by atoms with van der Waals surface area (Å²) < 4.78 is 45.8. The fourth-order valence-corrected chi connectivity index (χ4v) is 4.73. The second kappa shape index (κ2) is 10.5. The average Bonchev–Trinajstić information content (AvgIpc) is 3.36. The Kier molecular flexibility index (Phi) is 7.70. The van der Waals surface area contributed by atoms with Crippen LogP contribution in [0.2, 0.25) is 0 Å². The van der Waals surface area contributed by atoms with E-state index in [1.807, 2.05) is 0 Å². The Labute approximate surface area is 186 Å². The van der Waals surface area contributed by atoms with Crippen LogP contribution in [0.3, 0.4) is 0 Å². The molecule has 0 bridgehead atoms. The summed E-state index contributed by atoms with van der Waals surface area (Å²) in [7, 11) is -4.29. The highest BCUT2D eigenvalue weighted by Crippen LogP contribution is 2.28. The number of alkyl halides is 1. The molecule has 0 aliphatic carbocycles. The van der Waals surface area contributed by atoms with Crippen molar-refractivity contribution >= 4 is 15.8 Å². The highest BCUT2D eigenvalue weighted by Gasteiger charge is 2.49. The van der Waals surface area contributed by atoms with Crippen LogP contribution in [0, 0.1) is 0 Å². The maximum absolute atomic E-state index is 13.2. The number of carbonyl (C=O) groups excluding carboxylic acids is 1. The van der Waals surface area contributed by atoms with Gasteiger partial charge < -0.3 is 10.5 Å². The van der Waals surface area contributed by atoms with E-state index in [2.05, 4.69) is 10.1 Å². The first-order valence-corrected chi connectivity index (χ1v) is 11.6. The van der Waals surface area contributed by atoms with Crippen molar-refractivity contribution in [1.29, 1.82) is 0 Å². The first kappa shape index (κ1) is 23.6. The van der Waals surface area contributed by atoms with E-state index in [0.29, 0.717) is 12.0 Å². The first-order valence-electron chi connectivity index (χ1n) is 10.1. The number of rotatable bonds is 11. The number of unbranched alkanes of at least 4 members (excludes halogenated alkanes) is 2. The summed E-state index contributed by atoms with van der Waals surface area (Å²) in [6.45, 7) is -0.671. The molecule has 1 atom stereocenters. The molecule has 3 aromatic rings. The van der Waals surface area contributed by atoms with E-state index in [1.165, 1.54) is 18.3 Å². The molecule has 0 aliphatic heterocycles. The largest absolute Gasteiger partial charge is 0.459 e. The van der Waals surface area contributed by atoms with Crippen molar-refractivity contribution < 1.29 is 22.3 Å². The van der Waals surface area contributed by atoms with Gasteiger partial charge in [-0.25, -0.2) is 17.9 Å². The number of hydrogen-bond acceptors (Lipinski definition) is 7. The quantitative estimate of drug-likeness (QED) is 0.345. The number of sulfone groups is 1. The van der Waals surface area contributed by atoms with Gasteiger partial charge in [0.05, 0.1) is 17.3 Å². The molecule has 1 aromatic carbocycles. The van der Waals surface area contributed by atoms with E-state index in [-0.39, 0.29) is 30.8 Å². The molecule has 0 radical (unpaired) electrons. The number of aromatic nitrogens is 3. The molecule has 32 heavy (non-hydrogen) atoms. The Hall–Kier alpha value is -3.11. The number of esters is 1. The van der Waals surface area contributed by atoms with E-state index in [1.54, 1.807) is 47.4 Å². The van der Waals surface area contributed by atoms with Crippen molar-refractivity contribution in [3.05, 3.63) is 72.8 Å². The summed E-state index contributed by atoms with van der Waals surface area (Å²) in [4.78, 5) is 14.3. The summed E-state index contributed by atoms with van der Waals surface area (Å²) in [6, 6.07) is 11.7. The maximum Gasteiger partial charge on any atom is 0.342 e. The van der Waals surface area contributed by atoms with E-state index >= 15 is 0 Å². The number of ether oxygens (including phenoxy) is 1. The van der Waals surface area contributed by atoms with Gasteiger partial charge >= 0.3 is 5.97 Å². The Morgan fingerprint density at radius 2 is 1.88 bits per heavy atom. The minimum absolute atomic E-state index is 0.149. The molecule has 0 spiro atoms. The Morgan fingerprint density at radius 3 is 2.50 bits per heavy atom. The van der Waals surface area contributed by atoms with Gasteiger partial charge in [0.15, 0.2) is 0 Å². The second-order valence-corrected chi connectivity index (χ2v) is 9.48. The van der Waals surface area contributed by atoms with Crippen molar-refractivity contribution in [2.24, 2.45) is 5.73 Å². The molecule has 10 heteroatoms. The van der Waals surface area contributed by atoms with Crippen LogP contribution in [0.25, 0.3) is 5.69 Å². The van der Waals surface area contributed by atoms with Gasteiger partial charge in [0.25, 0.3) is 0 Å². The van der Waals surface area contributed by atoms with Gasteiger partial charge in [-0.1, -0.05) is 18.6 Å². The summed E-state index contributed by atoms with van der Waals surface area (Å²) in [5, 5.41) is 4.14. The van der Waals surface area contributed by atoms with Crippen LogP contribution in [0.15, 0.2) is 72.1 Å². The number of carbonyl (C=O) groups is 1. The van der Waals surface area contributed by atoms with Gasteiger partial charge in [-0.3, -0.25) is 9.37 Å². The normalized spacial score (nSPS) is 13.4. The Bertz CT molecular complexity index is 1110.